The van der Waals surface area contributed by atoms with Crippen LogP contribution >= 0.6 is 24.0 Å². The van der Waals surface area contributed by atoms with Crippen molar-refractivity contribution >= 4 is 41.5 Å². The summed E-state index contributed by atoms with van der Waals surface area (Å²) in [6.45, 7) is 5.87. The van der Waals surface area contributed by atoms with E-state index in [0.29, 0.717) is 31.6 Å². The van der Waals surface area contributed by atoms with Crippen LogP contribution in [-0.4, -0.2) is 36.8 Å². The molecule has 1 aromatic heterocycles. The molecule has 1 saturated heterocycles. The lowest BCUT2D eigenvalue weighted by molar-refractivity contribution is -0.124. The van der Waals surface area contributed by atoms with E-state index < -0.39 is 0 Å². The molecule has 1 amide bonds. The summed E-state index contributed by atoms with van der Waals surface area (Å²) in [5.74, 6) is 1.66. The van der Waals surface area contributed by atoms with Gasteiger partial charge in [-0.1, -0.05) is 31.1 Å². The SMILES string of the molecule is CN=C(NCc1cccc(NC(=O)C2CCCO2)c1)NCc1cc(C(C)C)no1.I. The first-order chi connectivity index (χ1) is 14.0. The van der Waals surface area contributed by atoms with Gasteiger partial charge in [-0.2, -0.15) is 0 Å². The van der Waals surface area contributed by atoms with Gasteiger partial charge in [0, 0.05) is 32.0 Å². The molecule has 2 heterocycles. The molecule has 3 N–H and O–H groups in total. The second-order valence-corrected chi connectivity index (χ2v) is 7.34. The molecule has 0 spiro atoms. The molecular weight excluding hydrogens is 497 g/mol. The van der Waals surface area contributed by atoms with Crippen molar-refractivity contribution in [3.05, 3.63) is 47.3 Å². The molecule has 2 aromatic rings. The molecule has 1 unspecified atom stereocenters. The molecule has 0 saturated carbocycles. The Morgan fingerprint density at radius 2 is 2.07 bits per heavy atom. The van der Waals surface area contributed by atoms with Crippen LogP contribution in [0.3, 0.4) is 0 Å². The zero-order valence-corrected chi connectivity index (χ0v) is 19.9. The first-order valence-electron chi connectivity index (χ1n) is 9.96. The Labute approximate surface area is 194 Å². The van der Waals surface area contributed by atoms with Crippen molar-refractivity contribution in [2.45, 2.75) is 51.8 Å². The first-order valence-corrected chi connectivity index (χ1v) is 9.96. The normalized spacial score (nSPS) is 16.3. The van der Waals surface area contributed by atoms with E-state index in [1.807, 2.05) is 30.3 Å². The fourth-order valence-electron chi connectivity index (χ4n) is 3.03. The number of rotatable bonds is 7. The predicted octanol–water partition coefficient (Wildman–Crippen LogP) is 3.40. The van der Waals surface area contributed by atoms with Gasteiger partial charge in [0.25, 0.3) is 5.91 Å². The van der Waals surface area contributed by atoms with Gasteiger partial charge in [0.05, 0.1) is 12.2 Å². The van der Waals surface area contributed by atoms with E-state index >= 15 is 0 Å². The maximum absolute atomic E-state index is 12.2. The van der Waals surface area contributed by atoms with E-state index in [1.54, 1.807) is 7.05 Å². The van der Waals surface area contributed by atoms with Gasteiger partial charge >= 0.3 is 0 Å². The van der Waals surface area contributed by atoms with E-state index in [0.717, 1.165) is 35.5 Å². The molecule has 1 atom stereocenters. The maximum Gasteiger partial charge on any atom is 0.253 e. The average Bonchev–Trinajstić information content (AvgIpc) is 3.41. The summed E-state index contributed by atoms with van der Waals surface area (Å²) in [4.78, 5) is 16.4. The van der Waals surface area contributed by atoms with Crippen molar-refractivity contribution in [2.24, 2.45) is 4.99 Å². The van der Waals surface area contributed by atoms with E-state index in [4.69, 9.17) is 9.26 Å². The zero-order valence-electron chi connectivity index (χ0n) is 17.6. The topological polar surface area (TPSA) is 101 Å². The lowest BCUT2D eigenvalue weighted by Gasteiger charge is -2.13. The number of amides is 1. The lowest BCUT2D eigenvalue weighted by Crippen LogP contribution is -2.36. The van der Waals surface area contributed by atoms with Crippen molar-refractivity contribution in [1.29, 1.82) is 0 Å². The fourth-order valence-corrected chi connectivity index (χ4v) is 3.03. The molecule has 1 aliphatic heterocycles. The van der Waals surface area contributed by atoms with E-state index in [1.165, 1.54) is 0 Å². The Morgan fingerprint density at radius 3 is 2.73 bits per heavy atom. The number of hydrogen-bond acceptors (Lipinski definition) is 5. The smallest absolute Gasteiger partial charge is 0.253 e. The van der Waals surface area contributed by atoms with Gasteiger partial charge in [0.1, 0.15) is 6.10 Å². The number of aliphatic imine (C=N–C) groups is 1. The van der Waals surface area contributed by atoms with Gasteiger partial charge in [-0.25, -0.2) is 0 Å². The third-order valence-corrected chi connectivity index (χ3v) is 4.70. The van der Waals surface area contributed by atoms with E-state index in [-0.39, 0.29) is 36.0 Å². The summed E-state index contributed by atoms with van der Waals surface area (Å²) in [5.41, 5.74) is 2.72. The number of benzene rings is 1. The summed E-state index contributed by atoms with van der Waals surface area (Å²) in [6.07, 6.45) is 1.37. The highest BCUT2D eigenvalue weighted by molar-refractivity contribution is 14.0. The van der Waals surface area contributed by atoms with Gasteiger partial charge < -0.3 is 25.2 Å². The summed E-state index contributed by atoms with van der Waals surface area (Å²) >= 11 is 0. The Morgan fingerprint density at radius 1 is 1.27 bits per heavy atom. The molecular formula is C21H30IN5O3. The van der Waals surface area contributed by atoms with Crippen LogP contribution in [-0.2, 0) is 22.6 Å². The molecule has 1 fully saturated rings. The molecule has 0 aliphatic carbocycles. The highest BCUT2D eigenvalue weighted by Crippen LogP contribution is 2.16. The first kappa shape index (κ1) is 24.1. The van der Waals surface area contributed by atoms with E-state index in [2.05, 4.69) is 39.9 Å². The van der Waals surface area contributed by atoms with Crippen molar-refractivity contribution in [1.82, 2.24) is 15.8 Å². The summed E-state index contributed by atoms with van der Waals surface area (Å²) in [6, 6.07) is 9.68. The van der Waals surface area contributed by atoms with E-state index in [9.17, 15) is 4.79 Å². The van der Waals surface area contributed by atoms with Crippen LogP contribution in [0.2, 0.25) is 0 Å². The molecule has 1 aliphatic rings. The van der Waals surface area contributed by atoms with Crippen LogP contribution in [0.25, 0.3) is 0 Å². The standard InChI is InChI=1S/C21H29N5O3.HI/c1-14(2)18-11-17(29-26-18)13-24-21(22-3)23-12-15-6-4-7-16(10-15)25-20(27)19-8-5-9-28-19;/h4,6-7,10-11,14,19H,5,8-9,12-13H2,1-3H3,(H,25,27)(H2,22,23,24);1H. The van der Waals surface area contributed by atoms with Crippen LogP contribution in [0.15, 0.2) is 39.8 Å². The molecule has 9 heteroatoms. The molecule has 0 radical (unpaired) electrons. The highest BCUT2D eigenvalue weighted by Gasteiger charge is 2.23. The highest BCUT2D eigenvalue weighted by atomic mass is 127. The minimum atomic E-state index is -0.341. The van der Waals surface area contributed by atoms with Gasteiger partial charge in [0.2, 0.25) is 0 Å². The Bertz CT molecular complexity index is 847. The second-order valence-electron chi connectivity index (χ2n) is 7.34. The molecule has 0 bridgehead atoms. The van der Waals surface area contributed by atoms with Gasteiger partial charge in [0.15, 0.2) is 11.7 Å². The Kier molecular flexibility index (Phi) is 9.57. The maximum atomic E-state index is 12.2. The van der Waals surface area contributed by atoms with Crippen LogP contribution in [0.4, 0.5) is 5.69 Å². The second kappa shape index (κ2) is 11.9. The number of aromatic nitrogens is 1. The summed E-state index contributed by atoms with van der Waals surface area (Å²) in [5, 5.41) is 13.5. The predicted molar refractivity (Wildman–Crippen MR) is 127 cm³/mol. The Balaban J connectivity index is 0.00000320. The molecule has 1 aromatic carbocycles. The van der Waals surface area contributed by atoms with Gasteiger partial charge in [-0.05, 0) is 36.5 Å². The number of nitrogens with zero attached hydrogens (tertiary/aromatic N) is 2. The molecule has 164 valence electrons. The summed E-state index contributed by atoms with van der Waals surface area (Å²) in [7, 11) is 1.72. The van der Waals surface area contributed by atoms with Crippen molar-refractivity contribution in [3.63, 3.8) is 0 Å². The van der Waals surface area contributed by atoms with Crippen LogP contribution in [0.5, 0.6) is 0 Å². The molecule has 3 rings (SSSR count). The van der Waals surface area contributed by atoms with Gasteiger partial charge in [-0.3, -0.25) is 9.79 Å². The lowest BCUT2D eigenvalue weighted by atomic mass is 10.1. The van der Waals surface area contributed by atoms with Crippen LogP contribution in [0, 0.1) is 0 Å². The number of ether oxygens (including phenoxy) is 1. The number of halogens is 1. The third-order valence-electron chi connectivity index (χ3n) is 4.70. The minimum Gasteiger partial charge on any atom is -0.368 e. The zero-order chi connectivity index (χ0) is 20.6. The van der Waals surface area contributed by atoms with Crippen molar-refractivity contribution < 1.29 is 14.1 Å². The minimum absolute atomic E-state index is 0. The fraction of sp³-hybridized carbons (Fsp3) is 0.476. The monoisotopic (exact) mass is 527 g/mol. The average molecular weight is 527 g/mol. The number of carbonyl (C=O) groups excluding carboxylic acids is 1. The van der Waals surface area contributed by atoms with Gasteiger partial charge in [-0.15, -0.1) is 24.0 Å². The number of anilines is 1. The number of nitrogens with one attached hydrogen (secondary N) is 3. The van der Waals surface area contributed by atoms with Crippen LogP contribution < -0.4 is 16.0 Å². The largest absolute Gasteiger partial charge is 0.368 e. The molecule has 8 nitrogen and oxygen atoms in total. The van der Waals surface area contributed by atoms with Crippen molar-refractivity contribution in [3.8, 4) is 0 Å². The Hall–Kier alpha value is -2.14. The quantitative estimate of drug-likeness (QED) is 0.290. The number of carbonyl (C=O) groups is 1. The van der Waals surface area contributed by atoms with Crippen LogP contribution in [0.1, 0.15) is 49.6 Å². The van der Waals surface area contributed by atoms with Crippen molar-refractivity contribution in [2.75, 3.05) is 19.0 Å². The number of hydrogen-bond donors (Lipinski definition) is 3. The summed E-state index contributed by atoms with van der Waals surface area (Å²) < 4.78 is 10.8. The third kappa shape index (κ3) is 6.98. The number of guanidine groups is 1. The molecule has 30 heavy (non-hydrogen) atoms.